The fourth-order valence-electron chi connectivity index (χ4n) is 1.53. The zero-order chi connectivity index (χ0) is 12.6. The van der Waals surface area contributed by atoms with Crippen LogP contribution in [0.25, 0.3) is 11.3 Å². The third-order valence-electron chi connectivity index (χ3n) is 2.34. The minimum absolute atomic E-state index is 0.0317. The van der Waals surface area contributed by atoms with Crippen molar-refractivity contribution >= 4 is 33.2 Å². The van der Waals surface area contributed by atoms with Gasteiger partial charge in [-0.3, -0.25) is 4.98 Å². The topological polar surface area (TPSA) is 38.9 Å². The minimum atomic E-state index is -0.524. The molecule has 0 fully saturated rings. The number of pyridine rings is 1. The summed E-state index contributed by atoms with van der Waals surface area (Å²) in [5.74, 6) is -0.524. The summed E-state index contributed by atoms with van der Waals surface area (Å²) in [5, 5.41) is 0.0317. The molecule has 2 N–H and O–H groups in total. The van der Waals surface area contributed by atoms with E-state index in [2.05, 4.69) is 20.9 Å². The van der Waals surface area contributed by atoms with Crippen LogP contribution in [0.5, 0.6) is 0 Å². The molecule has 0 amide bonds. The van der Waals surface area contributed by atoms with Gasteiger partial charge in [0.2, 0.25) is 0 Å². The van der Waals surface area contributed by atoms with Gasteiger partial charge in [-0.2, -0.15) is 0 Å². The molecule has 0 bridgehead atoms. The maximum atomic E-state index is 14.0. The van der Waals surface area contributed by atoms with Gasteiger partial charge in [-0.15, -0.1) is 0 Å². The largest absolute Gasteiger partial charge is 0.397 e. The highest BCUT2D eigenvalue weighted by molar-refractivity contribution is 9.10. The van der Waals surface area contributed by atoms with Gasteiger partial charge in [0.25, 0.3) is 0 Å². The maximum absolute atomic E-state index is 14.0. The molecule has 5 heteroatoms. The van der Waals surface area contributed by atoms with Gasteiger partial charge < -0.3 is 5.73 Å². The maximum Gasteiger partial charge on any atom is 0.152 e. The number of halogens is 3. The Morgan fingerprint density at radius 2 is 2.12 bits per heavy atom. The smallest absolute Gasteiger partial charge is 0.152 e. The average Bonchev–Trinajstić information content (AvgIpc) is 2.28. The summed E-state index contributed by atoms with van der Waals surface area (Å²) < 4.78 is 14.5. The zero-order valence-corrected chi connectivity index (χ0v) is 11.3. The summed E-state index contributed by atoms with van der Waals surface area (Å²) >= 11 is 8.99. The van der Waals surface area contributed by atoms with Crippen LogP contribution >= 0.6 is 27.5 Å². The minimum Gasteiger partial charge on any atom is -0.397 e. The van der Waals surface area contributed by atoms with Crippen molar-refractivity contribution < 1.29 is 4.39 Å². The first-order valence-corrected chi connectivity index (χ1v) is 6.04. The number of aryl methyl sites for hydroxylation is 1. The van der Waals surface area contributed by atoms with Crippen molar-refractivity contribution in [2.45, 2.75) is 6.92 Å². The molecule has 2 nitrogen and oxygen atoms in total. The van der Waals surface area contributed by atoms with Crippen LogP contribution in [0.15, 0.2) is 28.9 Å². The Labute approximate surface area is 112 Å². The highest BCUT2D eigenvalue weighted by Crippen LogP contribution is 2.34. The van der Waals surface area contributed by atoms with Crippen LogP contribution < -0.4 is 5.73 Å². The normalized spacial score (nSPS) is 10.6. The monoisotopic (exact) mass is 314 g/mol. The second-order valence-corrected chi connectivity index (χ2v) is 4.91. The SMILES string of the molecule is Cc1cnc(-c2ccc(Br)c(Cl)c2F)c(N)c1. The van der Waals surface area contributed by atoms with Crippen LogP contribution in [-0.2, 0) is 0 Å². The quantitative estimate of drug-likeness (QED) is 0.801. The molecule has 0 aliphatic carbocycles. The molecule has 0 radical (unpaired) electrons. The van der Waals surface area contributed by atoms with Crippen molar-refractivity contribution in [3.8, 4) is 11.3 Å². The van der Waals surface area contributed by atoms with E-state index in [1.165, 1.54) is 0 Å². The van der Waals surface area contributed by atoms with Crippen LogP contribution in [0, 0.1) is 12.7 Å². The molecule has 0 atom stereocenters. The molecule has 0 aliphatic heterocycles. The number of nitrogen functional groups attached to an aromatic ring is 1. The average molecular weight is 316 g/mol. The molecule has 0 spiro atoms. The van der Waals surface area contributed by atoms with Crippen molar-refractivity contribution in [2.75, 3.05) is 5.73 Å². The standard InChI is InChI=1S/C12H9BrClFN2/c1-6-4-9(16)12(17-5-6)7-2-3-8(13)10(14)11(7)15/h2-5H,16H2,1H3. The highest BCUT2D eigenvalue weighted by atomic mass is 79.9. The van der Waals surface area contributed by atoms with E-state index >= 15 is 0 Å². The zero-order valence-electron chi connectivity index (χ0n) is 8.97. The molecule has 17 heavy (non-hydrogen) atoms. The lowest BCUT2D eigenvalue weighted by Crippen LogP contribution is -1.97. The second kappa shape index (κ2) is 4.63. The number of benzene rings is 1. The highest BCUT2D eigenvalue weighted by Gasteiger charge is 2.14. The lowest BCUT2D eigenvalue weighted by molar-refractivity contribution is 0.630. The number of hydrogen-bond acceptors (Lipinski definition) is 2. The Morgan fingerprint density at radius 3 is 2.76 bits per heavy atom. The molecule has 0 unspecified atom stereocenters. The Morgan fingerprint density at radius 1 is 1.41 bits per heavy atom. The summed E-state index contributed by atoms with van der Waals surface area (Å²) in [4.78, 5) is 4.14. The predicted octanol–water partition coefficient (Wildman–Crippen LogP) is 4.19. The number of nitrogens with two attached hydrogens (primary N) is 1. The van der Waals surface area contributed by atoms with Crippen molar-refractivity contribution in [1.82, 2.24) is 4.98 Å². The third-order valence-corrected chi connectivity index (χ3v) is 3.60. The summed E-state index contributed by atoms with van der Waals surface area (Å²) in [6.45, 7) is 1.87. The Bertz CT molecular complexity index is 587. The molecule has 1 aromatic carbocycles. The summed E-state index contributed by atoms with van der Waals surface area (Å²) in [7, 11) is 0. The van der Waals surface area contributed by atoms with Gasteiger partial charge >= 0.3 is 0 Å². The van der Waals surface area contributed by atoms with Gasteiger partial charge in [-0.1, -0.05) is 11.6 Å². The number of aromatic nitrogens is 1. The third kappa shape index (κ3) is 2.28. The van der Waals surface area contributed by atoms with Crippen molar-refractivity contribution in [3.05, 3.63) is 45.3 Å². The summed E-state index contributed by atoms with van der Waals surface area (Å²) in [5.41, 5.74) is 7.89. The van der Waals surface area contributed by atoms with Gasteiger partial charge in [0.1, 0.15) is 0 Å². The Hall–Kier alpha value is -1.13. The van der Waals surface area contributed by atoms with Crippen molar-refractivity contribution in [1.29, 1.82) is 0 Å². The summed E-state index contributed by atoms with van der Waals surface area (Å²) in [6, 6.07) is 5.01. The first-order chi connectivity index (χ1) is 8.00. The number of hydrogen-bond donors (Lipinski definition) is 1. The van der Waals surface area contributed by atoms with Crippen LogP contribution in [-0.4, -0.2) is 4.98 Å². The number of anilines is 1. The van der Waals surface area contributed by atoms with Gasteiger partial charge in [-0.05, 0) is 46.6 Å². The van der Waals surface area contributed by atoms with Gasteiger partial charge in [0, 0.05) is 16.2 Å². The van der Waals surface area contributed by atoms with E-state index in [1.807, 2.05) is 6.92 Å². The molecule has 0 saturated heterocycles. The fraction of sp³-hybridized carbons (Fsp3) is 0.0833. The molecule has 1 aromatic heterocycles. The predicted molar refractivity (Wildman–Crippen MR) is 71.5 cm³/mol. The lowest BCUT2D eigenvalue weighted by atomic mass is 10.1. The number of rotatable bonds is 1. The van der Waals surface area contributed by atoms with Crippen molar-refractivity contribution in [2.24, 2.45) is 0 Å². The summed E-state index contributed by atoms with van der Waals surface area (Å²) in [6.07, 6.45) is 1.64. The van der Waals surface area contributed by atoms with Crippen LogP contribution in [0.1, 0.15) is 5.56 Å². The molecule has 0 aliphatic rings. The molecular weight excluding hydrogens is 307 g/mol. The first-order valence-electron chi connectivity index (χ1n) is 4.86. The van der Waals surface area contributed by atoms with E-state index in [-0.39, 0.29) is 5.02 Å². The molecular formula is C12H9BrClFN2. The van der Waals surface area contributed by atoms with Crippen LogP contribution in [0.4, 0.5) is 10.1 Å². The molecule has 2 rings (SSSR count). The van der Waals surface area contributed by atoms with Crippen LogP contribution in [0.3, 0.4) is 0 Å². The van der Waals surface area contributed by atoms with E-state index < -0.39 is 5.82 Å². The van der Waals surface area contributed by atoms with Gasteiger partial charge in [0.05, 0.1) is 16.4 Å². The van der Waals surface area contributed by atoms with Gasteiger partial charge in [-0.25, -0.2) is 4.39 Å². The molecule has 2 aromatic rings. The van der Waals surface area contributed by atoms with E-state index in [9.17, 15) is 4.39 Å². The van der Waals surface area contributed by atoms with Gasteiger partial charge in [0.15, 0.2) is 5.82 Å². The molecule has 0 saturated carbocycles. The van der Waals surface area contributed by atoms with E-state index in [1.54, 1.807) is 24.4 Å². The van der Waals surface area contributed by atoms with E-state index in [4.69, 9.17) is 17.3 Å². The first kappa shape index (κ1) is 12.3. The van der Waals surface area contributed by atoms with Crippen molar-refractivity contribution in [3.63, 3.8) is 0 Å². The second-order valence-electron chi connectivity index (χ2n) is 3.67. The molecule has 88 valence electrons. The Kier molecular flexibility index (Phi) is 3.35. The van der Waals surface area contributed by atoms with E-state index in [0.717, 1.165) is 5.56 Å². The molecule has 1 heterocycles. The van der Waals surface area contributed by atoms with E-state index in [0.29, 0.717) is 21.4 Å². The lowest BCUT2D eigenvalue weighted by Gasteiger charge is -2.08. The number of nitrogens with zero attached hydrogens (tertiary/aromatic N) is 1. The Balaban J connectivity index is 2.65. The van der Waals surface area contributed by atoms with Crippen LogP contribution in [0.2, 0.25) is 5.02 Å². The fourth-order valence-corrected chi connectivity index (χ4v) is 2.00.